The lowest BCUT2D eigenvalue weighted by Crippen LogP contribution is -2.43. The number of halogens is 3. The number of nitrogens with zero attached hydrogens (tertiary/aromatic N) is 3. The molecule has 1 heterocycles. The predicted octanol–water partition coefficient (Wildman–Crippen LogP) is 4.07. The minimum absolute atomic E-state index is 0.0258. The number of benzene rings is 2. The molecule has 1 aliphatic rings. The Hall–Kier alpha value is -3.63. The molecule has 0 radical (unpaired) electrons. The molecule has 2 aromatic carbocycles. The SMILES string of the molecule is C=C1N(c2ccc(C#N)c(C(F)(F)F)c2)C(=O)C(C)(C)N1c1ccc(OCCOCCOCCOCCN)cc1. The molecule has 9 nitrogen and oxygen atoms in total. The fourth-order valence-electron chi connectivity index (χ4n) is 4.19. The van der Waals surface area contributed by atoms with Gasteiger partial charge in [0.2, 0.25) is 0 Å². The fourth-order valence-corrected chi connectivity index (χ4v) is 4.19. The van der Waals surface area contributed by atoms with E-state index in [4.69, 9.17) is 29.9 Å². The number of nitriles is 1. The number of carbonyl (C=O) groups is 1. The number of ether oxygens (including phenoxy) is 4. The zero-order valence-corrected chi connectivity index (χ0v) is 22.5. The van der Waals surface area contributed by atoms with E-state index in [1.807, 2.05) is 0 Å². The van der Waals surface area contributed by atoms with E-state index in [1.54, 1.807) is 49.1 Å². The van der Waals surface area contributed by atoms with Crippen LogP contribution in [0.5, 0.6) is 5.75 Å². The minimum Gasteiger partial charge on any atom is -0.491 e. The quantitative estimate of drug-likeness (QED) is 0.343. The molecule has 0 unspecified atom stereocenters. The highest BCUT2D eigenvalue weighted by Gasteiger charge is 2.49. The number of hydrogen-bond acceptors (Lipinski definition) is 8. The maximum atomic E-state index is 13.5. The van der Waals surface area contributed by atoms with Crippen LogP contribution in [0.1, 0.15) is 25.0 Å². The molecule has 216 valence electrons. The van der Waals surface area contributed by atoms with E-state index >= 15 is 0 Å². The Morgan fingerprint density at radius 2 is 1.48 bits per heavy atom. The predicted molar refractivity (Wildman–Crippen MR) is 143 cm³/mol. The number of rotatable bonds is 14. The van der Waals surface area contributed by atoms with Crippen molar-refractivity contribution in [2.75, 3.05) is 62.6 Å². The van der Waals surface area contributed by atoms with Crippen molar-refractivity contribution in [3.05, 3.63) is 66.0 Å². The highest BCUT2D eigenvalue weighted by Crippen LogP contribution is 2.42. The lowest BCUT2D eigenvalue weighted by atomic mass is 10.0. The topological polar surface area (TPSA) is 110 Å². The van der Waals surface area contributed by atoms with Gasteiger partial charge in [-0.2, -0.15) is 18.4 Å². The minimum atomic E-state index is -4.76. The van der Waals surface area contributed by atoms with Gasteiger partial charge in [0.15, 0.2) is 0 Å². The number of nitrogens with two attached hydrogens (primary N) is 1. The third-order valence-corrected chi connectivity index (χ3v) is 6.09. The summed E-state index contributed by atoms with van der Waals surface area (Å²) in [6.45, 7) is 10.8. The number of anilines is 2. The van der Waals surface area contributed by atoms with Crippen molar-refractivity contribution in [2.45, 2.75) is 25.6 Å². The Labute approximate surface area is 231 Å². The maximum absolute atomic E-state index is 13.5. The van der Waals surface area contributed by atoms with Gasteiger partial charge in [-0.15, -0.1) is 0 Å². The lowest BCUT2D eigenvalue weighted by molar-refractivity contribution is -0.137. The smallest absolute Gasteiger partial charge is 0.417 e. The van der Waals surface area contributed by atoms with Gasteiger partial charge in [0, 0.05) is 12.2 Å². The van der Waals surface area contributed by atoms with Gasteiger partial charge in [-0.3, -0.25) is 9.69 Å². The second-order valence-corrected chi connectivity index (χ2v) is 9.26. The highest BCUT2D eigenvalue weighted by atomic mass is 19.4. The van der Waals surface area contributed by atoms with E-state index in [0.717, 1.165) is 17.0 Å². The van der Waals surface area contributed by atoms with Crippen LogP contribution in [0, 0.1) is 11.3 Å². The molecule has 1 aliphatic heterocycles. The average molecular weight is 563 g/mol. The molecule has 0 aromatic heterocycles. The molecular weight excluding hydrogens is 529 g/mol. The molecule has 3 rings (SSSR count). The van der Waals surface area contributed by atoms with Crippen LogP contribution >= 0.6 is 0 Å². The number of carbonyl (C=O) groups excluding carboxylic acids is 1. The summed E-state index contributed by atoms with van der Waals surface area (Å²) in [7, 11) is 0. The van der Waals surface area contributed by atoms with Crippen LogP contribution in [0.25, 0.3) is 0 Å². The van der Waals surface area contributed by atoms with E-state index in [1.165, 1.54) is 6.07 Å². The standard InChI is InChI=1S/C28H33F3N4O5/c1-20-34(23-5-4-21(19-33)25(18-23)28(29,30)31)26(36)27(2,3)35(20)22-6-8-24(9-7-22)40-17-16-39-15-14-38-13-12-37-11-10-32/h4-9,18H,1,10-17,32H2,2-3H3. The number of alkyl halides is 3. The molecule has 1 saturated heterocycles. The molecule has 1 fully saturated rings. The second kappa shape index (κ2) is 13.6. The summed E-state index contributed by atoms with van der Waals surface area (Å²) >= 11 is 0. The summed E-state index contributed by atoms with van der Waals surface area (Å²) in [5.41, 5.74) is 3.13. The van der Waals surface area contributed by atoms with Gasteiger partial charge < -0.3 is 29.6 Å². The van der Waals surface area contributed by atoms with E-state index in [2.05, 4.69) is 6.58 Å². The van der Waals surface area contributed by atoms with Crippen molar-refractivity contribution in [3.63, 3.8) is 0 Å². The molecule has 1 amide bonds. The van der Waals surface area contributed by atoms with E-state index < -0.39 is 28.7 Å². The summed E-state index contributed by atoms with van der Waals surface area (Å²) in [6.07, 6.45) is -4.76. The van der Waals surface area contributed by atoms with E-state index in [0.29, 0.717) is 64.2 Å². The molecular formula is C28H33F3N4O5. The van der Waals surface area contributed by atoms with Gasteiger partial charge >= 0.3 is 6.18 Å². The van der Waals surface area contributed by atoms with Gasteiger partial charge in [0.25, 0.3) is 5.91 Å². The molecule has 12 heteroatoms. The van der Waals surface area contributed by atoms with Gasteiger partial charge in [-0.05, 0) is 56.3 Å². The molecule has 0 saturated carbocycles. The van der Waals surface area contributed by atoms with Crippen LogP contribution in [0.2, 0.25) is 0 Å². The van der Waals surface area contributed by atoms with Crippen LogP contribution in [0.4, 0.5) is 24.5 Å². The summed E-state index contributed by atoms with van der Waals surface area (Å²) in [5, 5.41) is 9.10. The van der Waals surface area contributed by atoms with Crippen molar-refractivity contribution in [1.29, 1.82) is 5.26 Å². The summed E-state index contributed by atoms with van der Waals surface area (Å²) in [4.78, 5) is 16.1. The fraction of sp³-hybridized carbons (Fsp3) is 0.429. The molecule has 2 N–H and O–H groups in total. The van der Waals surface area contributed by atoms with Crippen LogP contribution in [-0.2, 0) is 25.2 Å². The monoisotopic (exact) mass is 562 g/mol. The van der Waals surface area contributed by atoms with Crippen molar-refractivity contribution in [1.82, 2.24) is 0 Å². The van der Waals surface area contributed by atoms with Crippen LogP contribution < -0.4 is 20.3 Å². The van der Waals surface area contributed by atoms with Gasteiger partial charge in [0.05, 0.1) is 62.5 Å². The summed E-state index contributed by atoms with van der Waals surface area (Å²) in [6, 6.07) is 11.6. The van der Waals surface area contributed by atoms with Crippen LogP contribution in [0.3, 0.4) is 0 Å². The molecule has 40 heavy (non-hydrogen) atoms. The third-order valence-electron chi connectivity index (χ3n) is 6.09. The first-order valence-electron chi connectivity index (χ1n) is 12.6. The molecule has 0 spiro atoms. The number of amides is 1. The molecule has 2 aromatic rings. The van der Waals surface area contributed by atoms with E-state index in [9.17, 15) is 18.0 Å². The second-order valence-electron chi connectivity index (χ2n) is 9.26. The highest BCUT2D eigenvalue weighted by molar-refractivity contribution is 6.09. The Bertz CT molecular complexity index is 1210. The van der Waals surface area contributed by atoms with Crippen LogP contribution in [0.15, 0.2) is 54.9 Å². The zero-order chi connectivity index (χ0) is 29.3. The van der Waals surface area contributed by atoms with Gasteiger partial charge in [0.1, 0.15) is 23.7 Å². The Morgan fingerprint density at radius 3 is 2.02 bits per heavy atom. The van der Waals surface area contributed by atoms with Crippen molar-refractivity contribution in [2.24, 2.45) is 5.73 Å². The first kappa shape index (κ1) is 30.9. The summed E-state index contributed by atoms with van der Waals surface area (Å²) < 4.78 is 62.4. The van der Waals surface area contributed by atoms with Gasteiger partial charge in [-0.25, -0.2) is 0 Å². The molecule has 0 atom stereocenters. The summed E-state index contributed by atoms with van der Waals surface area (Å²) in [5.74, 6) is 0.302. The first-order valence-corrected chi connectivity index (χ1v) is 12.6. The largest absolute Gasteiger partial charge is 0.491 e. The molecule has 0 bridgehead atoms. The Balaban J connectivity index is 1.59. The van der Waals surface area contributed by atoms with Crippen LogP contribution in [-0.4, -0.2) is 64.2 Å². The Kier molecular flexibility index (Phi) is 10.5. The average Bonchev–Trinajstić information content (AvgIpc) is 3.09. The maximum Gasteiger partial charge on any atom is 0.417 e. The van der Waals surface area contributed by atoms with Crippen molar-refractivity contribution < 1.29 is 36.9 Å². The third kappa shape index (κ3) is 7.31. The molecule has 0 aliphatic carbocycles. The van der Waals surface area contributed by atoms with Crippen molar-refractivity contribution in [3.8, 4) is 11.8 Å². The number of hydrogen-bond donors (Lipinski definition) is 1. The lowest BCUT2D eigenvalue weighted by Gasteiger charge is -2.30. The zero-order valence-electron chi connectivity index (χ0n) is 22.5. The van der Waals surface area contributed by atoms with E-state index in [-0.39, 0.29) is 11.5 Å². The van der Waals surface area contributed by atoms with Gasteiger partial charge in [-0.1, -0.05) is 6.58 Å². The first-order chi connectivity index (χ1) is 19.0. The normalized spacial score (nSPS) is 15.0. The van der Waals surface area contributed by atoms with Crippen molar-refractivity contribution >= 4 is 17.3 Å². The Morgan fingerprint density at radius 1 is 0.925 bits per heavy atom.